The number of benzene rings is 2. The molecule has 0 atom stereocenters. The number of anilines is 1. The molecule has 3 N–H and O–H groups in total. The number of carbonyl (C=O) groups is 2. The van der Waals surface area contributed by atoms with Crippen LogP contribution in [-0.4, -0.2) is 33.6 Å². The maximum atomic E-state index is 13.4. The molecule has 37 heavy (non-hydrogen) atoms. The number of nitrogens with one attached hydrogen (secondary N) is 2. The Kier molecular flexibility index (Phi) is 6.43. The van der Waals surface area contributed by atoms with Crippen LogP contribution >= 0.6 is 0 Å². The molecule has 6 rings (SSSR count). The summed E-state index contributed by atoms with van der Waals surface area (Å²) < 4.78 is 2.45. The summed E-state index contributed by atoms with van der Waals surface area (Å²) in [6, 6.07) is 14.7. The fraction of sp³-hybridized carbons (Fsp3) is 0.484. The third kappa shape index (κ3) is 4.30. The lowest BCUT2D eigenvalue weighted by Gasteiger charge is -2.25. The van der Waals surface area contributed by atoms with Gasteiger partial charge in [0.25, 0.3) is 5.91 Å². The molecule has 6 nitrogen and oxygen atoms in total. The summed E-state index contributed by atoms with van der Waals surface area (Å²) in [6.45, 7) is 1.85. The van der Waals surface area contributed by atoms with E-state index in [-0.39, 0.29) is 5.91 Å². The summed E-state index contributed by atoms with van der Waals surface area (Å²) >= 11 is 0. The molecular formula is C31H37N3O3. The Morgan fingerprint density at radius 2 is 1.73 bits per heavy atom. The van der Waals surface area contributed by atoms with Crippen LogP contribution in [0.15, 0.2) is 42.5 Å². The molecule has 2 aliphatic carbocycles. The average molecular weight is 500 g/mol. The number of fused-ring (bicyclic) bond motifs is 5. The lowest BCUT2D eigenvalue weighted by molar-refractivity contribution is -0.144. The van der Waals surface area contributed by atoms with Gasteiger partial charge in [0, 0.05) is 40.8 Å². The monoisotopic (exact) mass is 499 g/mol. The smallest absolute Gasteiger partial charge is 0.329 e. The highest BCUT2D eigenvalue weighted by Gasteiger charge is 2.42. The Morgan fingerprint density at radius 1 is 0.946 bits per heavy atom. The van der Waals surface area contributed by atoms with E-state index in [4.69, 9.17) is 0 Å². The Balaban J connectivity index is 1.51. The fourth-order valence-electron chi connectivity index (χ4n) is 6.97. The van der Waals surface area contributed by atoms with E-state index in [1.165, 1.54) is 60.0 Å². The summed E-state index contributed by atoms with van der Waals surface area (Å²) in [5.74, 6) is -0.701. The molecule has 3 aliphatic rings. The average Bonchev–Trinajstić information content (AvgIpc) is 3.53. The number of aryl methyl sites for hydroxylation is 1. The van der Waals surface area contributed by atoms with Crippen LogP contribution in [0.4, 0.5) is 5.69 Å². The standard InChI is InChI=1S/C31H37N3O3/c35-29(33-31(30(36)37)16-6-7-17-31)22-14-15-24-26(20-22)34-19-9-8-18-32-25-13-5-4-12-23(25)28(34)27(24)21-10-2-1-3-11-21/h4-5,12-15,20-21,32H,1-3,6-11,16-19H2,(H,33,35)(H,36,37). The van der Waals surface area contributed by atoms with Gasteiger partial charge in [0.05, 0.1) is 5.69 Å². The van der Waals surface area contributed by atoms with Gasteiger partial charge in [-0.15, -0.1) is 0 Å². The first-order chi connectivity index (χ1) is 18.1. The summed E-state index contributed by atoms with van der Waals surface area (Å²) in [5.41, 5.74) is 5.63. The van der Waals surface area contributed by atoms with Gasteiger partial charge in [0.15, 0.2) is 0 Å². The van der Waals surface area contributed by atoms with Gasteiger partial charge < -0.3 is 20.3 Å². The first-order valence-electron chi connectivity index (χ1n) is 14.1. The molecule has 2 aromatic carbocycles. The van der Waals surface area contributed by atoms with E-state index in [0.717, 1.165) is 44.3 Å². The number of carboxylic acids is 1. The summed E-state index contributed by atoms with van der Waals surface area (Å²) in [7, 11) is 0. The zero-order chi connectivity index (χ0) is 25.4. The number of aromatic nitrogens is 1. The number of carbonyl (C=O) groups excluding carboxylic acids is 1. The van der Waals surface area contributed by atoms with Crippen molar-refractivity contribution >= 4 is 28.5 Å². The molecule has 0 spiro atoms. The van der Waals surface area contributed by atoms with Crippen LogP contribution in [0.3, 0.4) is 0 Å². The van der Waals surface area contributed by atoms with Gasteiger partial charge in [-0.3, -0.25) is 4.79 Å². The number of hydrogen-bond donors (Lipinski definition) is 3. The molecule has 3 aromatic rings. The molecule has 0 unspecified atom stereocenters. The highest BCUT2D eigenvalue weighted by molar-refractivity contribution is 6.03. The van der Waals surface area contributed by atoms with E-state index in [1.807, 2.05) is 12.1 Å². The van der Waals surface area contributed by atoms with Crippen LogP contribution in [-0.2, 0) is 11.3 Å². The van der Waals surface area contributed by atoms with E-state index in [0.29, 0.717) is 24.3 Å². The van der Waals surface area contributed by atoms with Gasteiger partial charge >= 0.3 is 5.97 Å². The van der Waals surface area contributed by atoms with Gasteiger partial charge in [-0.2, -0.15) is 0 Å². The van der Waals surface area contributed by atoms with Crippen molar-refractivity contribution in [2.75, 3.05) is 11.9 Å². The molecular weight excluding hydrogens is 462 g/mol. The summed E-state index contributed by atoms with van der Waals surface area (Å²) in [4.78, 5) is 25.5. The molecule has 0 saturated heterocycles. The third-order valence-corrected chi connectivity index (χ3v) is 8.90. The number of hydrogen-bond acceptors (Lipinski definition) is 3. The second kappa shape index (κ2) is 9.88. The summed E-state index contributed by atoms with van der Waals surface area (Å²) in [6.07, 6.45) is 11.0. The normalized spacial score (nSPS) is 19.7. The Hall–Kier alpha value is -3.28. The lowest BCUT2D eigenvalue weighted by atomic mass is 9.81. The minimum atomic E-state index is -1.14. The number of rotatable bonds is 4. The topological polar surface area (TPSA) is 83.4 Å². The predicted molar refractivity (Wildman–Crippen MR) is 147 cm³/mol. The van der Waals surface area contributed by atoms with Crippen LogP contribution < -0.4 is 10.6 Å². The van der Waals surface area contributed by atoms with Crippen LogP contribution in [0.2, 0.25) is 0 Å². The van der Waals surface area contributed by atoms with E-state index >= 15 is 0 Å². The maximum Gasteiger partial charge on any atom is 0.329 e. The predicted octanol–water partition coefficient (Wildman–Crippen LogP) is 6.69. The van der Waals surface area contributed by atoms with E-state index in [9.17, 15) is 14.7 Å². The fourth-order valence-corrected chi connectivity index (χ4v) is 6.97. The van der Waals surface area contributed by atoms with Crippen LogP contribution in [0.25, 0.3) is 22.2 Å². The Labute approximate surface area is 218 Å². The van der Waals surface area contributed by atoms with Crippen molar-refractivity contribution in [3.63, 3.8) is 0 Å². The quantitative estimate of drug-likeness (QED) is 0.373. The molecule has 2 fully saturated rings. The van der Waals surface area contributed by atoms with Gasteiger partial charge in [-0.25, -0.2) is 4.79 Å². The molecule has 1 amide bonds. The molecule has 6 heteroatoms. The SMILES string of the molecule is O=C(NC1(C(=O)O)CCCC1)c1ccc2c(C3CCCCC3)c3n(c2c1)CCCCNc1ccccc1-3. The minimum absolute atomic E-state index is 0.286. The zero-order valence-electron chi connectivity index (χ0n) is 21.5. The van der Waals surface area contributed by atoms with Gasteiger partial charge in [0.2, 0.25) is 0 Å². The number of aliphatic carboxylic acids is 1. The maximum absolute atomic E-state index is 13.4. The van der Waals surface area contributed by atoms with E-state index in [2.05, 4.69) is 45.5 Å². The van der Waals surface area contributed by atoms with Crippen LogP contribution in [0.1, 0.15) is 92.5 Å². The Morgan fingerprint density at radius 3 is 2.51 bits per heavy atom. The highest BCUT2D eigenvalue weighted by Crippen LogP contribution is 2.46. The molecule has 0 bridgehead atoms. The minimum Gasteiger partial charge on any atom is -0.480 e. The highest BCUT2D eigenvalue weighted by atomic mass is 16.4. The number of carboxylic acid groups (broad SMARTS) is 1. The lowest BCUT2D eigenvalue weighted by Crippen LogP contribution is -2.52. The van der Waals surface area contributed by atoms with Crippen molar-refractivity contribution < 1.29 is 14.7 Å². The second-order valence-corrected chi connectivity index (χ2v) is 11.2. The van der Waals surface area contributed by atoms with Gasteiger partial charge in [-0.05, 0) is 68.2 Å². The molecule has 1 aromatic heterocycles. The zero-order valence-corrected chi connectivity index (χ0v) is 21.5. The molecule has 2 heterocycles. The second-order valence-electron chi connectivity index (χ2n) is 11.2. The first kappa shape index (κ1) is 24.1. The van der Waals surface area contributed by atoms with Crippen molar-refractivity contribution in [2.45, 2.75) is 88.6 Å². The number of nitrogens with zero attached hydrogens (tertiary/aromatic N) is 1. The first-order valence-corrected chi connectivity index (χ1v) is 14.1. The van der Waals surface area contributed by atoms with Crippen molar-refractivity contribution in [2.24, 2.45) is 0 Å². The third-order valence-electron chi connectivity index (χ3n) is 8.90. The molecule has 194 valence electrons. The van der Waals surface area contributed by atoms with Crippen molar-refractivity contribution in [3.05, 3.63) is 53.6 Å². The Bertz CT molecular complexity index is 1330. The van der Waals surface area contributed by atoms with Crippen LogP contribution in [0.5, 0.6) is 0 Å². The van der Waals surface area contributed by atoms with Crippen LogP contribution in [0, 0.1) is 0 Å². The number of amides is 1. The number of para-hydroxylation sites is 1. The van der Waals surface area contributed by atoms with Gasteiger partial charge in [-0.1, -0.05) is 56.4 Å². The molecule has 2 saturated carbocycles. The largest absolute Gasteiger partial charge is 0.480 e. The summed E-state index contributed by atoms with van der Waals surface area (Å²) in [5, 5.41) is 17.7. The molecule has 0 radical (unpaired) electrons. The van der Waals surface area contributed by atoms with E-state index in [1.54, 1.807) is 0 Å². The van der Waals surface area contributed by atoms with Crippen molar-refractivity contribution in [1.82, 2.24) is 9.88 Å². The van der Waals surface area contributed by atoms with Gasteiger partial charge in [0.1, 0.15) is 5.54 Å². The van der Waals surface area contributed by atoms with E-state index < -0.39 is 11.5 Å². The molecule has 1 aliphatic heterocycles. The van der Waals surface area contributed by atoms with Crippen molar-refractivity contribution in [3.8, 4) is 11.3 Å². The van der Waals surface area contributed by atoms with Crippen molar-refractivity contribution in [1.29, 1.82) is 0 Å².